The van der Waals surface area contributed by atoms with Crippen LogP contribution < -0.4 is 30.3 Å². The second-order valence-corrected chi connectivity index (χ2v) is 15.3. The number of methoxy groups -OCH3 is 1. The Hall–Kier alpha value is -7.32. The quantitative estimate of drug-likeness (QED) is 0.0414. The molecule has 26 heteroatoms. The van der Waals surface area contributed by atoms with Crippen LogP contribution >= 0.6 is 23.7 Å². The number of hydrogen-bond donors (Lipinski definition) is 5. The van der Waals surface area contributed by atoms with E-state index < -0.39 is 100 Å². The number of benzene rings is 2. The maximum absolute atomic E-state index is 14.4. The Morgan fingerprint density at radius 1 is 1.00 bits per heavy atom. The first-order chi connectivity index (χ1) is 29.9. The van der Waals surface area contributed by atoms with Crippen LogP contribution in [0.4, 0.5) is 0 Å². The molecule has 3 atom stereocenters. The first-order valence-corrected chi connectivity index (χ1v) is 20.0. The van der Waals surface area contributed by atoms with Crippen LogP contribution in [0.15, 0.2) is 56.9 Å². The average molecular weight is 912 g/mol. The number of aliphatic carboxylic acids is 3. The lowest BCUT2D eigenvalue weighted by atomic mass is 9.96. The van der Waals surface area contributed by atoms with Crippen LogP contribution in [-0.2, 0) is 44.7 Å². The van der Waals surface area contributed by atoms with Gasteiger partial charge in [0, 0.05) is 32.5 Å². The maximum atomic E-state index is 14.4. The highest BCUT2D eigenvalue weighted by Gasteiger charge is 2.67. The number of carbonyl (C=O) groups is 8. The zero-order chi connectivity index (χ0) is 45.9. The third-order valence-corrected chi connectivity index (χ3v) is 11.5. The minimum Gasteiger partial charge on any atom is -0.482 e. The van der Waals surface area contributed by atoms with Gasteiger partial charge in [-0.1, -0.05) is 12.1 Å². The van der Waals surface area contributed by atoms with E-state index in [1.54, 1.807) is 0 Å². The van der Waals surface area contributed by atoms with Crippen LogP contribution in [0.1, 0.15) is 47.4 Å². The molecular weight excluding hydrogens is 879 g/mol. The van der Waals surface area contributed by atoms with E-state index in [2.05, 4.69) is 26.2 Å². The minimum absolute atomic E-state index is 0.0169. The molecular formula is C37H33N7O17S2. The SMILES string of the molecule is CO[C@@]1(NC(=O)C(NC(=O)c2c(C)oc3c(OC(C)=O)c(OC(C)=O)ccc3c2=O)c2ccc(OCC(=O)O)cc2)C(=O)N2C(C(=O)O)=C(CSn3nnnc3CC(=O)O)CS[C@H]21. The van der Waals surface area contributed by atoms with Crippen molar-refractivity contribution in [1.82, 2.24) is 35.1 Å². The molecule has 3 amide bonds. The lowest BCUT2D eigenvalue weighted by Gasteiger charge is -2.56. The summed E-state index contributed by atoms with van der Waals surface area (Å²) in [4.78, 5) is 116. The summed E-state index contributed by atoms with van der Waals surface area (Å²) < 4.78 is 28.0. The number of ether oxygens (including phenoxy) is 4. The van der Waals surface area contributed by atoms with E-state index in [4.69, 9.17) is 33.6 Å². The Kier molecular flexibility index (Phi) is 13.2. The van der Waals surface area contributed by atoms with E-state index in [9.17, 15) is 48.3 Å². The third kappa shape index (κ3) is 9.16. The summed E-state index contributed by atoms with van der Waals surface area (Å²) in [6, 6.07) is 5.74. The van der Waals surface area contributed by atoms with Gasteiger partial charge in [-0.05, 0) is 64.7 Å². The Balaban J connectivity index is 1.32. The topological polar surface area (TPSA) is 335 Å². The van der Waals surface area contributed by atoms with Crippen LogP contribution in [0.2, 0.25) is 0 Å². The predicted octanol–water partition coefficient (Wildman–Crippen LogP) is 0.409. The summed E-state index contributed by atoms with van der Waals surface area (Å²) in [5.41, 5.74) is -4.28. The largest absolute Gasteiger partial charge is 0.482 e. The molecule has 4 heterocycles. The van der Waals surface area contributed by atoms with Crippen molar-refractivity contribution in [3.8, 4) is 17.2 Å². The highest BCUT2D eigenvalue weighted by molar-refractivity contribution is 8.00. The van der Waals surface area contributed by atoms with Gasteiger partial charge in [0.1, 0.15) is 40.6 Å². The Labute approximate surface area is 361 Å². The number of hydrogen-bond acceptors (Lipinski definition) is 19. The number of thioether (sulfide) groups is 1. The fourth-order valence-electron chi connectivity index (χ4n) is 6.45. The second kappa shape index (κ2) is 18.3. The number of carboxylic acids is 3. The van der Waals surface area contributed by atoms with Crippen LogP contribution in [0.5, 0.6) is 17.2 Å². The molecule has 63 heavy (non-hydrogen) atoms. The van der Waals surface area contributed by atoms with E-state index in [1.165, 1.54) is 31.2 Å². The number of fused-ring (bicyclic) bond motifs is 2. The molecule has 0 radical (unpaired) electrons. The average Bonchev–Trinajstić information content (AvgIpc) is 3.66. The van der Waals surface area contributed by atoms with Crippen LogP contribution in [-0.4, -0.2) is 124 Å². The number of nitrogens with one attached hydrogen (secondary N) is 2. The smallest absolute Gasteiger partial charge is 0.352 e. The minimum atomic E-state index is -2.20. The molecule has 0 bridgehead atoms. The molecule has 24 nitrogen and oxygen atoms in total. The molecule has 2 aliphatic rings. The molecule has 2 aliphatic heterocycles. The molecule has 6 rings (SSSR count). The van der Waals surface area contributed by atoms with Crippen molar-refractivity contribution in [2.45, 2.75) is 44.3 Å². The summed E-state index contributed by atoms with van der Waals surface area (Å²) in [5, 5.41) is 42.8. The number of carboxylic acid groups (broad SMARTS) is 3. The van der Waals surface area contributed by atoms with Gasteiger partial charge >= 0.3 is 29.8 Å². The fraction of sp³-hybridized carbons (Fsp3) is 0.297. The van der Waals surface area contributed by atoms with Gasteiger partial charge < -0.3 is 49.3 Å². The molecule has 0 spiro atoms. The number of esters is 2. The van der Waals surface area contributed by atoms with Crippen molar-refractivity contribution in [2.24, 2.45) is 0 Å². The van der Waals surface area contributed by atoms with Gasteiger partial charge in [0.05, 0.1) is 5.39 Å². The standard InChI is InChI=1S/C37H33N7O17S2/c1-15-26(29(51)21-9-10-22(60-16(2)45)31(30(21)59-15)61-17(3)46)32(52)38-27(18-5-7-20(8-6-18)58-12-25(49)50)33(53)39-37(57-4)35(56)43-28(34(54)55)19(13-62-36(37)43)14-63-44-23(11-24(47)48)40-41-42-44/h5-10,27,36H,11-14H2,1-4H3,(H,38,52)(H,39,53)(H,47,48)(H,49,50)(H,54,55)/t27?,36-,37-/m0/s1. The number of rotatable bonds is 17. The number of tetrazole rings is 1. The van der Waals surface area contributed by atoms with E-state index in [0.29, 0.717) is 0 Å². The van der Waals surface area contributed by atoms with E-state index in [-0.39, 0.29) is 56.7 Å². The van der Waals surface area contributed by atoms with Crippen molar-refractivity contribution in [1.29, 1.82) is 0 Å². The van der Waals surface area contributed by atoms with Crippen LogP contribution in [0, 0.1) is 6.92 Å². The predicted molar refractivity (Wildman–Crippen MR) is 212 cm³/mol. The molecule has 4 aromatic rings. The third-order valence-electron chi connectivity index (χ3n) is 9.11. The normalized spacial score (nSPS) is 17.2. The first-order valence-electron chi connectivity index (χ1n) is 18.0. The van der Waals surface area contributed by atoms with Crippen molar-refractivity contribution < 1.29 is 77.0 Å². The Bertz CT molecular complexity index is 2680. The van der Waals surface area contributed by atoms with E-state index in [1.807, 2.05) is 0 Å². The van der Waals surface area contributed by atoms with E-state index >= 15 is 0 Å². The molecule has 2 aromatic carbocycles. The number of aromatic nitrogens is 4. The Morgan fingerprint density at radius 2 is 1.70 bits per heavy atom. The summed E-state index contributed by atoms with van der Waals surface area (Å²) in [6.45, 7) is 2.66. The lowest BCUT2D eigenvalue weighted by molar-refractivity contribution is -0.192. The van der Waals surface area contributed by atoms with Crippen molar-refractivity contribution >= 4 is 82.2 Å². The first kappa shape index (κ1) is 45.2. The second-order valence-electron chi connectivity index (χ2n) is 13.3. The van der Waals surface area contributed by atoms with Gasteiger partial charge in [0.15, 0.2) is 23.8 Å². The van der Waals surface area contributed by atoms with Gasteiger partial charge in [0.25, 0.3) is 17.5 Å². The number of β-lactam (4-membered cyclic amide) rings is 1. The monoisotopic (exact) mass is 911 g/mol. The van der Waals surface area contributed by atoms with Crippen LogP contribution in [0.3, 0.4) is 0 Å². The summed E-state index contributed by atoms with van der Waals surface area (Å²) in [7, 11) is 1.09. The van der Waals surface area contributed by atoms with Gasteiger partial charge in [-0.3, -0.25) is 38.5 Å². The van der Waals surface area contributed by atoms with Crippen LogP contribution in [0.25, 0.3) is 11.0 Å². The van der Waals surface area contributed by atoms with Crippen molar-refractivity contribution in [2.75, 3.05) is 25.2 Å². The fourth-order valence-corrected chi connectivity index (χ4v) is 8.87. The molecule has 1 unspecified atom stereocenters. The molecule has 0 aliphatic carbocycles. The van der Waals surface area contributed by atoms with Gasteiger partial charge in [-0.15, -0.1) is 16.9 Å². The maximum Gasteiger partial charge on any atom is 0.352 e. The highest BCUT2D eigenvalue weighted by atomic mass is 32.2. The number of nitrogens with zero attached hydrogens (tertiary/aromatic N) is 5. The molecule has 330 valence electrons. The van der Waals surface area contributed by atoms with Gasteiger partial charge in [-0.2, -0.15) is 4.09 Å². The van der Waals surface area contributed by atoms with Gasteiger partial charge in [-0.25, -0.2) is 9.59 Å². The molecule has 2 aromatic heterocycles. The molecule has 1 fully saturated rings. The number of amides is 3. The summed E-state index contributed by atoms with van der Waals surface area (Å²) in [5.74, 6) is -9.94. The number of carbonyl (C=O) groups excluding carboxylic acids is 5. The molecule has 0 saturated carbocycles. The molecule has 1 saturated heterocycles. The molecule has 5 N–H and O–H groups in total. The van der Waals surface area contributed by atoms with E-state index in [0.717, 1.165) is 65.8 Å². The zero-order valence-electron chi connectivity index (χ0n) is 33.1. The van der Waals surface area contributed by atoms with Crippen molar-refractivity contribution in [3.63, 3.8) is 0 Å². The highest BCUT2D eigenvalue weighted by Crippen LogP contribution is 2.47. The van der Waals surface area contributed by atoms with Crippen molar-refractivity contribution in [3.05, 3.63) is 80.6 Å². The summed E-state index contributed by atoms with van der Waals surface area (Å²) in [6.07, 6.45) is -0.514. The lowest BCUT2D eigenvalue weighted by Crippen LogP contribution is -2.81. The zero-order valence-corrected chi connectivity index (χ0v) is 34.7. The Morgan fingerprint density at radius 3 is 2.32 bits per heavy atom. The number of aryl methyl sites for hydroxylation is 1. The summed E-state index contributed by atoms with van der Waals surface area (Å²) >= 11 is 1.91. The van der Waals surface area contributed by atoms with Gasteiger partial charge in [0.2, 0.25) is 17.1 Å².